The lowest BCUT2D eigenvalue weighted by Crippen LogP contribution is -2.39. The van der Waals surface area contributed by atoms with E-state index in [0.29, 0.717) is 11.9 Å². The van der Waals surface area contributed by atoms with Crippen LogP contribution in [0.2, 0.25) is 0 Å². The van der Waals surface area contributed by atoms with Gasteiger partial charge in [0, 0.05) is 25.2 Å². The lowest BCUT2D eigenvalue weighted by molar-refractivity contribution is 0.243. The van der Waals surface area contributed by atoms with E-state index in [1.165, 1.54) is 0 Å². The van der Waals surface area contributed by atoms with Gasteiger partial charge in [-0.2, -0.15) is 0 Å². The smallest absolute Gasteiger partial charge is 0.213 e. The van der Waals surface area contributed by atoms with E-state index in [1.54, 1.807) is 7.11 Å². The fraction of sp³-hybridized carbons (Fsp3) is 0.500. The molecule has 1 aliphatic heterocycles. The maximum Gasteiger partial charge on any atom is 0.213 e. The molecule has 0 saturated carbocycles. The summed E-state index contributed by atoms with van der Waals surface area (Å²) in [6.07, 6.45) is 9.37. The fourth-order valence-electron chi connectivity index (χ4n) is 2.19. The molecular weight excluding hydrogens is 226 g/mol. The van der Waals surface area contributed by atoms with Gasteiger partial charge in [-0.05, 0) is 18.9 Å². The quantitative estimate of drug-likeness (QED) is 0.818. The van der Waals surface area contributed by atoms with Crippen molar-refractivity contribution in [2.45, 2.75) is 18.9 Å². The van der Waals surface area contributed by atoms with E-state index in [-0.39, 0.29) is 0 Å². The first-order chi connectivity index (χ1) is 8.81. The summed E-state index contributed by atoms with van der Waals surface area (Å²) in [4.78, 5) is 6.50. The molecule has 1 N–H and O–H groups in total. The topological polar surface area (TPSA) is 37.4 Å². The van der Waals surface area contributed by atoms with Crippen LogP contribution in [0.1, 0.15) is 12.8 Å². The van der Waals surface area contributed by atoms with E-state index in [1.807, 2.05) is 18.3 Å². The van der Waals surface area contributed by atoms with E-state index in [4.69, 9.17) is 11.2 Å². The average Bonchev–Trinajstić information content (AvgIpc) is 2.42. The van der Waals surface area contributed by atoms with Crippen LogP contribution in [0.15, 0.2) is 18.3 Å². The zero-order valence-electron chi connectivity index (χ0n) is 10.7. The molecule has 4 heteroatoms. The Bertz CT molecular complexity index is 402. The minimum Gasteiger partial charge on any atom is -0.481 e. The van der Waals surface area contributed by atoms with Crippen molar-refractivity contribution in [2.75, 3.05) is 32.1 Å². The maximum absolute atomic E-state index is 5.32. The van der Waals surface area contributed by atoms with Crippen LogP contribution in [0.5, 0.6) is 5.88 Å². The van der Waals surface area contributed by atoms with E-state index < -0.39 is 0 Å². The number of nitrogens with zero attached hydrogens (tertiary/aromatic N) is 2. The second-order valence-corrected chi connectivity index (χ2v) is 4.49. The van der Waals surface area contributed by atoms with Crippen LogP contribution in [-0.2, 0) is 0 Å². The molecule has 0 amide bonds. The second-order valence-electron chi connectivity index (χ2n) is 4.49. The summed E-state index contributed by atoms with van der Waals surface area (Å²) >= 11 is 0. The van der Waals surface area contributed by atoms with Gasteiger partial charge in [0.15, 0.2) is 0 Å². The summed E-state index contributed by atoms with van der Waals surface area (Å²) in [7, 11) is 1.62. The summed E-state index contributed by atoms with van der Waals surface area (Å²) in [5.74, 6) is 3.34. The highest BCUT2D eigenvalue weighted by molar-refractivity contribution is 5.43. The summed E-state index contributed by atoms with van der Waals surface area (Å²) < 4.78 is 5.04. The molecule has 18 heavy (non-hydrogen) atoms. The van der Waals surface area contributed by atoms with E-state index in [2.05, 4.69) is 21.1 Å². The molecule has 4 nitrogen and oxygen atoms in total. The van der Waals surface area contributed by atoms with Gasteiger partial charge in [0.2, 0.25) is 5.88 Å². The third kappa shape index (κ3) is 3.38. The molecule has 0 unspecified atom stereocenters. The summed E-state index contributed by atoms with van der Waals surface area (Å²) in [5.41, 5.74) is 1.05. The lowest BCUT2D eigenvalue weighted by Gasteiger charge is -2.31. The van der Waals surface area contributed by atoms with Gasteiger partial charge in [-0.3, -0.25) is 4.90 Å². The Morgan fingerprint density at radius 1 is 1.50 bits per heavy atom. The van der Waals surface area contributed by atoms with Crippen molar-refractivity contribution in [3.05, 3.63) is 18.3 Å². The van der Waals surface area contributed by atoms with Crippen LogP contribution in [0, 0.1) is 12.3 Å². The van der Waals surface area contributed by atoms with Crippen LogP contribution in [-0.4, -0.2) is 42.7 Å². The Morgan fingerprint density at radius 3 is 2.83 bits per heavy atom. The largest absolute Gasteiger partial charge is 0.481 e. The third-order valence-corrected chi connectivity index (χ3v) is 3.22. The van der Waals surface area contributed by atoms with Gasteiger partial charge in [0.25, 0.3) is 0 Å². The Kier molecular flexibility index (Phi) is 4.43. The Morgan fingerprint density at radius 2 is 2.28 bits per heavy atom. The van der Waals surface area contributed by atoms with Crippen LogP contribution in [0.25, 0.3) is 0 Å². The standard InChI is InChI=1S/C14H19N3O/c1-3-8-17-9-6-12(7-10-17)16-13-4-5-14(18-2)15-11-13/h1,4-5,11-12,16H,6-10H2,2H3. The van der Waals surface area contributed by atoms with Gasteiger partial charge in [0.05, 0.1) is 25.5 Å². The van der Waals surface area contributed by atoms with Gasteiger partial charge in [-0.15, -0.1) is 6.42 Å². The molecule has 0 aromatic carbocycles. The van der Waals surface area contributed by atoms with Crippen molar-refractivity contribution < 1.29 is 4.74 Å². The molecule has 0 radical (unpaired) electrons. The second kappa shape index (κ2) is 6.27. The van der Waals surface area contributed by atoms with Crippen molar-refractivity contribution >= 4 is 5.69 Å². The molecule has 0 aliphatic carbocycles. The van der Waals surface area contributed by atoms with Crippen LogP contribution < -0.4 is 10.1 Å². The molecule has 0 bridgehead atoms. The zero-order chi connectivity index (χ0) is 12.8. The number of ether oxygens (including phenoxy) is 1. The predicted octanol–water partition coefficient (Wildman–Crippen LogP) is 1.60. The fourth-order valence-corrected chi connectivity index (χ4v) is 2.19. The minimum atomic E-state index is 0.509. The molecular formula is C14H19N3O. The average molecular weight is 245 g/mol. The Hall–Kier alpha value is -1.73. The molecule has 0 spiro atoms. The highest BCUT2D eigenvalue weighted by atomic mass is 16.5. The number of anilines is 1. The van der Waals surface area contributed by atoms with Crippen LogP contribution in [0.3, 0.4) is 0 Å². The maximum atomic E-state index is 5.32. The number of aromatic nitrogens is 1. The van der Waals surface area contributed by atoms with Crippen molar-refractivity contribution in [3.63, 3.8) is 0 Å². The van der Waals surface area contributed by atoms with Crippen molar-refractivity contribution in [2.24, 2.45) is 0 Å². The first-order valence-electron chi connectivity index (χ1n) is 6.24. The molecule has 1 saturated heterocycles. The first kappa shape index (κ1) is 12.7. The molecule has 0 atom stereocenters. The normalized spacial score (nSPS) is 17.1. The van der Waals surface area contributed by atoms with E-state index >= 15 is 0 Å². The molecule has 96 valence electrons. The van der Waals surface area contributed by atoms with Crippen molar-refractivity contribution in [1.29, 1.82) is 0 Å². The third-order valence-electron chi connectivity index (χ3n) is 3.22. The van der Waals surface area contributed by atoms with Gasteiger partial charge >= 0.3 is 0 Å². The van der Waals surface area contributed by atoms with Crippen LogP contribution in [0.4, 0.5) is 5.69 Å². The SMILES string of the molecule is C#CCN1CCC(Nc2ccc(OC)nc2)CC1. The number of likely N-dealkylation sites (tertiary alicyclic amines) is 1. The number of methoxy groups -OCH3 is 1. The summed E-state index contributed by atoms with van der Waals surface area (Å²) in [6.45, 7) is 2.88. The lowest BCUT2D eigenvalue weighted by atomic mass is 10.0. The summed E-state index contributed by atoms with van der Waals surface area (Å²) in [6, 6.07) is 4.38. The van der Waals surface area contributed by atoms with Crippen molar-refractivity contribution in [3.8, 4) is 18.2 Å². The van der Waals surface area contributed by atoms with Crippen LogP contribution >= 0.6 is 0 Å². The van der Waals surface area contributed by atoms with Gasteiger partial charge in [-0.1, -0.05) is 5.92 Å². The highest BCUT2D eigenvalue weighted by Gasteiger charge is 2.18. The molecule has 1 aliphatic rings. The molecule has 2 rings (SSSR count). The van der Waals surface area contributed by atoms with Gasteiger partial charge < -0.3 is 10.1 Å². The van der Waals surface area contributed by atoms with Gasteiger partial charge in [-0.25, -0.2) is 4.98 Å². The summed E-state index contributed by atoms with van der Waals surface area (Å²) in [5, 5.41) is 3.50. The molecule has 1 fully saturated rings. The Labute approximate surface area is 108 Å². The van der Waals surface area contributed by atoms with Gasteiger partial charge in [0.1, 0.15) is 0 Å². The zero-order valence-corrected chi connectivity index (χ0v) is 10.7. The van der Waals surface area contributed by atoms with E-state index in [0.717, 1.165) is 38.2 Å². The minimum absolute atomic E-state index is 0.509. The number of terminal acetylenes is 1. The predicted molar refractivity (Wildman–Crippen MR) is 72.7 cm³/mol. The number of hydrogen-bond acceptors (Lipinski definition) is 4. The molecule has 1 aromatic heterocycles. The molecule has 1 aromatic rings. The monoisotopic (exact) mass is 245 g/mol. The Balaban J connectivity index is 1.82. The van der Waals surface area contributed by atoms with E-state index in [9.17, 15) is 0 Å². The molecule has 2 heterocycles. The highest BCUT2D eigenvalue weighted by Crippen LogP contribution is 2.17. The number of piperidine rings is 1. The van der Waals surface area contributed by atoms with Crippen molar-refractivity contribution in [1.82, 2.24) is 9.88 Å². The number of nitrogens with one attached hydrogen (secondary N) is 1. The number of hydrogen-bond donors (Lipinski definition) is 1. The first-order valence-corrected chi connectivity index (χ1v) is 6.24. The number of pyridine rings is 1. The number of rotatable bonds is 4.